The van der Waals surface area contributed by atoms with Crippen LogP contribution in [-0.4, -0.2) is 13.1 Å². The van der Waals surface area contributed by atoms with Crippen molar-refractivity contribution in [2.45, 2.75) is 32.1 Å². The molecular weight excluding hydrogens is 300 g/mol. The summed E-state index contributed by atoms with van der Waals surface area (Å²) in [5.74, 6) is 1.85. The number of hydrogen-bond donors (Lipinski definition) is 0. The Balaban J connectivity index is 2.05. The van der Waals surface area contributed by atoms with Crippen molar-refractivity contribution in [1.29, 1.82) is 0 Å². The summed E-state index contributed by atoms with van der Waals surface area (Å²) < 4.78 is 11.6. The highest BCUT2D eigenvalue weighted by Crippen LogP contribution is 2.60. The Morgan fingerprint density at radius 2 is 1.83 bits per heavy atom. The molecule has 2 aromatic carbocycles. The molecule has 24 heavy (non-hydrogen) atoms. The summed E-state index contributed by atoms with van der Waals surface area (Å²) in [4.78, 5) is 12.2. The minimum Gasteiger partial charge on any atom is -0.496 e. The maximum atomic E-state index is 12.2. The highest BCUT2D eigenvalue weighted by molar-refractivity contribution is 6.00. The third kappa shape index (κ3) is 1.94. The molecular formula is C21H20O3. The van der Waals surface area contributed by atoms with Crippen LogP contribution in [0, 0.1) is 0 Å². The van der Waals surface area contributed by atoms with Gasteiger partial charge in [0.2, 0.25) is 0 Å². The van der Waals surface area contributed by atoms with Gasteiger partial charge in [0.25, 0.3) is 0 Å². The molecule has 2 bridgehead atoms. The number of hydrogen-bond acceptors (Lipinski definition) is 3. The van der Waals surface area contributed by atoms with Gasteiger partial charge in [0.15, 0.2) is 0 Å². The van der Waals surface area contributed by atoms with Crippen molar-refractivity contribution >= 4 is 16.7 Å². The lowest BCUT2D eigenvalue weighted by atomic mass is 9.87. The van der Waals surface area contributed by atoms with Crippen LogP contribution in [0.15, 0.2) is 48.1 Å². The van der Waals surface area contributed by atoms with Crippen molar-refractivity contribution in [2.24, 2.45) is 0 Å². The Labute approximate surface area is 141 Å². The summed E-state index contributed by atoms with van der Waals surface area (Å²) >= 11 is 0. The number of methoxy groups -OCH3 is 1. The third-order valence-electron chi connectivity index (χ3n) is 5.17. The minimum absolute atomic E-state index is 0.302. The van der Waals surface area contributed by atoms with Crippen molar-refractivity contribution in [1.82, 2.24) is 0 Å². The first kappa shape index (κ1) is 15.0. The molecule has 0 amide bonds. The molecule has 0 saturated heterocycles. The molecule has 0 N–H and O–H groups in total. The lowest BCUT2D eigenvalue weighted by Crippen LogP contribution is -2.12. The van der Waals surface area contributed by atoms with Crippen LogP contribution in [0.4, 0.5) is 0 Å². The van der Waals surface area contributed by atoms with Crippen LogP contribution < -0.4 is 9.47 Å². The minimum atomic E-state index is -0.378. The molecule has 2 aliphatic carbocycles. The molecule has 122 valence electrons. The summed E-state index contributed by atoms with van der Waals surface area (Å²) in [5.41, 5.74) is 4.04. The molecule has 0 aromatic heterocycles. The standard InChI is InChI=1S/C21H20O3/c1-11(2)21(22)24-20-15-8-6-5-7-14(15)19(23-4)17-13-9-12(3)16(10-13)18(17)20/h5-9,13,16H,1,10H2,2-4H3. The molecule has 2 atom stereocenters. The molecule has 3 heteroatoms. The van der Waals surface area contributed by atoms with Crippen LogP contribution in [0.1, 0.15) is 43.2 Å². The van der Waals surface area contributed by atoms with Crippen LogP contribution in [-0.2, 0) is 4.79 Å². The Kier molecular flexibility index (Phi) is 3.27. The van der Waals surface area contributed by atoms with E-state index in [-0.39, 0.29) is 5.97 Å². The predicted octanol–water partition coefficient (Wildman–Crippen LogP) is 4.86. The number of fused-ring (bicyclic) bond motifs is 6. The van der Waals surface area contributed by atoms with Crippen LogP contribution in [0.3, 0.4) is 0 Å². The van der Waals surface area contributed by atoms with E-state index in [1.54, 1.807) is 14.0 Å². The summed E-state index contributed by atoms with van der Waals surface area (Å²) in [7, 11) is 1.71. The number of allylic oxidation sites excluding steroid dienone is 2. The number of rotatable bonds is 3. The molecule has 0 saturated carbocycles. The van der Waals surface area contributed by atoms with E-state index in [2.05, 4.69) is 19.6 Å². The zero-order chi connectivity index (χ0) is 17.0. The van der Waals surface area contributed by atoms with E-state index in [0.717, 1.165) is 28.5 Å². The Morgan fingerprint density at radius 1 is 1.17 bits per heavy atom. The molecule has 0 spiro atoms. The van der Waals surface area contributed by atoms with Gasteiger partial charge in [0.1, 0.15) is 11.5 Å². The highest BCUT2D eigenvalue weighted by atomic mass is 16.5. The van der Waals surface area contributed by atoms with Gasteiger partial charge in [-0.2, -0.15) is 0 Å². The van der Waals surface area contributed by atoms with Crippen molar-refractivity contribution in [3.05, 3.63) is 59.2 Å². The Bertz CT molecular complexity index is 920. The van der Waals surface area contributed by atoms with Crippen LogP contribution in [0.25, 0.3) is 10.8 Å². The van der Waals surface area contributed by atoms with Gasteiger partial charge in [-0.15, -0.1) is 0 Å². The van der Waals surface area contributed by atoms with Crippen molar-refractivity contribution in [2.75, 3.05) is 7.11 Å². The molecule has 0 fully saturated rings. The molecule has 2 unspecified atom stereocenters. The zero-order valence-electron chi connectivity index (χ0n) is 14.2. The average molecular weight is 320 g/mol. The van der Waals surface area contributed by atoms with Crippen LogP contribution in [0.5, 0.6) is 11.5 Å². The SMILES string of the molecule is C=C(C)C(=O)Oc1c2c(c(OC)c3ccccc13)C1C=C(C)C2C1. The molecule has 0 radical (unpaired) electrons. The molecule has 2 aromatic rings. The largest absolute Gasteiger partial charge is 0.496 e. The van der Waals surface area contributed by atoms with E-state index < -0.39 is 0 Å². The van der Waals surface area contributed by atoms with E-state index in [0.29, 0.717) is 23.2 Å². The van der Waals surface area contributed by atoms with Gasteiger partial charge in [-0.3, -0.25) is 0 Å². The second-order valence-corrected chi connectivity index (χ2v) is 6.71. The lowest BCUT2D eigenvalue weighted by molar-refractivity contribution is -0.130. The Morgan fingerprint density at radius 3 is 2.46 bits per heavy atom. The number of carbonyl (C=O) groups is 1. The quantitative estimate of drug-likeness (QED) is 0.351. The predicted molar refractivity (Wildman–Crippen MR) is 94.8 cm³/mol. The van der Waals surface area contributed by atoms with Gasteiger partial charge in [-0.25, -0.2) is 4.79 Å². The van der Waals surface area contributed by atoms with Gasteiger partial charge >= 0.3 is 5.97 Å². The lowest BCUT2D eigenvalue weighted by Gasteiger charge is -2.23. The number of esters is 1. The monoisotopic (exact) mass is 320 g/mol. The maximum Gasteiger partial charge on any atom is 0.338 e. The smallest absolute Gasteiger partial charge is 0.338 e. The second-order valence-electron chi connectivity index (χ2n) is 6.71. The molecule has 3 nitrogen and oxygen atoms in total. The van der Waals surface area contributed by atoms with Crippen molar-refractivity contribution < 1.29 is 14.3 Å². The van der Waals surface area contributed by atoms with E-state index >= 15 is 0 Å². The normalized spacial score (nSPS) is 20.7. The van der Waals surface area contributed by atoms with Gasteiger partial charge in [0.05, 0.1) is 7.11 Å². The van der Waals surface area contributed by atoms with Crippen molar-refractivity contribution in [3.8, 4) is 11.5 Å². The third-order valence-corrected chi connectivity index (χ3v) is 5.17. The average Bonchev–Trinajstić information content (AvgIpc) is 3.12. The van der Waals surface area contributed by atoms with E-state index in [1.807, 2.05) is 24.3 Å². The summed E-state index contributed by atoms with van der Waals surface area (Å²) in [6.07, 6.45) is 3.35. The Hall–Kier alpha value is -2.55. The van der Waals surface area contributed by atoms with Crippen LogP contribution in [0.2, 0.25) is 0 Å². The molecule has 0 aliphatic heterocycles. The first-order valence-corrected chi connectivity index (χ1v) is 8.21. The van der Waals surface area contributed by atoms with E-state index in [1.165, 1.54) is 11.1 Å². The summed E-state index contributed by atoms with van der Waals surface area (Å²) in [6, 6.07) is 7.96. The summed E-state index contributed by atoms with van der Waals surface area (Å²) in [5, 5.41) is 1.91. The van der Waals surface area contributed by atoms with Gasteiger partial charge in [0, 0.05) is 39.3 Å². The first-order valence-electron chi connectivity index (χ1n) is 8.21. The number of benzene rings is 2. The van der Waals surface area contributed by atoms with Gasteiger partial charge in [-0.05, 0) is 20.3 Å². The number of carbonyl (C=O) groups excluding carboxylic acids is 1. The molecule has 0 heterocycles. The first-order chi connectivity index (χ1) is 11.5. The van der Waals surface area contributed by atoms with Gasteiger partial charge < -0.3 is 9.47 Å². The highest BCUT2D eigenvalue weighted by Gasteiger charge is 2.42. The fraction of sp³-hybridized carbons (Fsp3) is 0.286. The van der Waals surface area contributed by atoms with Gasteiger partial charge in [-0.1, -0.05) is 42.5 Å². The summed E-state index contributed by atoms with van der Waals surface area (Å²) in [6.45, 7) is 7.54. The van der Waals surface area contributed by atoms with E-state index in [4.69, 9.17) is 9.47 Å². The zero-order valence-corrected chi connectivity index (χ0v) is 14.2. The van der Waals surface area contributed by atoms with Crippen LogP contribution >= 0.6 is 0 Å². The fourth-order valence-electron chi connectivity index (χ4n) is 4.13. The van der Waals surface area contributed by atoms with Crippen molar-refractivity contribution in [3.63, 3.8) is 0 Å². The maximum absolute atomic E-state index is 12.2. The second kappa shape index (κ2) is 5.23. The van der Waals surface area contributed by atoms with E-state index in [9.17, 15) is 4.79 Å². The number of ether oxygens (including phenoxy) is 2. The molecule has 2 aliphatic rings. The molecule has 4 rings (SSSR count). The topological polar surface area (TPSA) is 35.5 Å². The fourth-order valence-corrected chi connectivity index (χ4v) is 4.13.